The number of hydrogen-bond donors (Lipinski definition) is 1. The molecule has 2 aromatic carbocycles. The smallest absolute Gasteiger partial charge is 0.338 e. The summed E-state index contributed by atoms with van der Waals surface area (Å²) in [6, 6.07) is 8.58. The zero-order chi connectivity index (χ0) is 16.3. The standard InChI is InChI=1S/C14H10Cl2N2O4/c15-10-2-1-3-11(16)9(10)7-22-14(19)8-4-5-12(17)13(6-8)18(20)21/h1-6H,7,17H2. The number of nitrogen functional groups attached to an aromatic ring is 1. The highest BCUT2D eigenvalue weighted by atomic mass is 35.5. The molecule has 0 radical (unpaired) electrons. The number of esters is 1. The lowest BCUT2D eigenvalue weighted by Gasteiger charge is -2.08. The van der Waals surface area contributed by atoms with Gasteiger partial charge in [0.05, 0.1) is 10.5 Å². The van der Waals surface area contributed by atoms with Crippen LogP contribution >= 0.6 is 23.2 Å². The Morgan fingerprint density at radius 1 is 1.23 bits per heavy atom. The van der Waals surface area contributed by atoms with Gasteiger partial charge in [0.25, 0.3) is 5.69 Å². The van der Waals surface area contributed by atoms with E-state index in [-0.39, 0.29) is 23.5 Å². The summed E-state index contributed by atoms with van der Waals surface area (Å²) < 4.78 is 5.08. The van der Waals surface area contributed by atoms with Crippen molar-refractivity contribution in [2.75, 3.05) is 5.73 Å². The van der Waals surface area contributed by atoms with Gasteiger partial charge >= 0.3 is 5.97 Å². The number of nitrogens with zero attached hydrogens (tertiary/aromatic N) is 1. The summed E-state index contributed by atoms with van der Waals surface area (Å²) in [5.41, 5.74) is 5.56. The Bertz CT molecular complexity index is 729. The van der Waals surface area contributed by atoms with Crippen LogP contribution < -0.4 is 5.73 Å². The average Bonchev–Trinajstić information content (AvgIpc) is 2.46. The maximum absolute atomic E-state index is 12.0. The molecular formula is C14H10Cl2N2O4. The van der Waals surface area contributed by atoms with E-state index in [1.165, 1.54) is 12.1 Å². The third-order valence-corrected chi connectivity index (χ3v) is 3.58. The van der Waals surface area contributed by atoms with Crippen LogP contribution in [0.5, 0.6) is 0 Å². The molecule has 2 aromatic rings. The molecule has 0 heterocycles. The number of rotatable bonds is 4. The number of anilines is 1. The van der Waals surface area contributed by atoms with Crippen LogP contribution in [0.15, 0.2) is 36.4 Å². The van der Waals surface area contributed by atoms with E-state index in [0.717, 1.165) is 6.07 Å². The predicted octanol–water partition coefficient (Wildman–Crippen LogP) is 3.84. The molecule has 0 aliphatic heterocycles. The van der Waals surface area contributed by atoms with Gasteiger partial charge in [-0.05, 0) is 24.3 Å². The van der Waals surface area contributed by atoms with Gasteiger partial charge in [-0.1, -0.05) is 29.3 Å². The van der Waals surface area contributed by atoms with Crippen LogP contribution in [-0.2, 0) is 11.3 Å². The van der Waals surface area contributed by atoms with Crippen LogP contribution in [0.3, 0.4) is 0 Å². The number of benzene rings is 2. The molecule has 2 rings (SSSR count). The molecule has 0 bridgehead atoms. The molecule has 6 nitrogen and oxygen atoms in total. The molecule has 0 aromatic heterocycles. The van der Waals surface area contributed by atoms with Gasteiger partial charge in [0.15, 0.2) is 0 Å². The van der Waals surface area contributed by atoms with Gasteiger partial charge in [-0.15, -0.1) is 0 Å². The van der Waals surface area contributed by atoms with E-state index >= 15 is 0 Å². The predicted molar refractivity (Wildman–Crippen MR) is 83.1 cm³/mol. The van der Waals surface area contributed by atoms with Crippen molar-refractivity contribution in [3.63, 3.8) is 0 Å². The normalized spacial score (nSPS) is 10.3. The van der Waals surface area contributed by atoms with Gasteiger partial charge < -0.3 is 10.5 Å². The van der Waals surface area contributed by atoms with Gasteiger partial charge in [0.1, 0.15) is 12.3 Å². The zero-order valence-electron chi connectivity index (χ0n) is 11.1. The number of carbonyl (C=O) groups excluding carboxylic acids is 1. The largest absolute Gasteiger partial charge is 0.457 e. The molecule has 0 fully saturated rings. The van der Waals surface area contributed by atoms with Gasteiger partial charge in [0, 0.05) is 21.7 Å². The highest BCUT2D eigenvalue weighted by Crippen LogP contribution is 2.26. The topological polar surface area (TPSA) is 95.5 Å². The first-order valence-corrected chi connectivity index (χ1v) is 6.79. The Hall–Kier alpha value is -2.31. The van der Waals surface area contributed by atoms with Crippen LogP contribution in [0.25, 0.3) is 0 Å². The lowest BCUT2D eigenvalue weighted by molar-refractivity contribution is -0.383. The fourth-order valence-electron chi connectivity index (χ4n) is 1.72. The molecule has 2 N–H and O–H groups in total. The first kappa shape index (κ1) is 16.1. The maximum atomic E-state index is 12.0. The van der Waals surface area contributed by atoms with E-state index in [1.54, 1.807) is 18.2 Å². The Balaban J connectivity index is 2.16. The number of ether oxygens (including phenoxy) is 1. The zero-order valence-corrected chi connectivity index (χ0v) is 12.6. The second-order valence-corrected chi connectivity index (χ2v) is 5.12. The lowest BCUT2D eigenvalue weighted by atomic mass is 10.2. The maximum Gasteiger partial charge on any atom is 0.338 e. The Labute approximate surface area is 135 Å². The van der Waals surface area contributed by atoms with Crippen LogP contribution in [0, 0.1) is 10.1 Å². The van der Waals surface area contributed by atoms with Crippen molar-refractivity contribution in [3.05, 3.63) is 67.7 Å². The summed E-state index contributed by atoms with van der Waals surface area (Å²) in [5.74, 6) is -0.737. The molecule has 114 valence electrons. The van der Waals surface area contributed by atoms with E-state index in [2.05, 4.69) is 0 Å². The third kappa shape index (κ3) is 3.47. The first-order valence-electron chi connectivity index (χ1n) is 6.04. The van der Waals surface area contributed by atoms with Crippen LogP contribution in [-0.4, -0.2) is 10.9 Å². The third-order valence-electron chi connectivity index (χ3n) is 2.87. The Morgan fingerprint density at radius 2 is 1.86 bits per heavy atom. The van der Waals surface area contributed by atoms with Crippen LogP contribution in [0.1, 0.15) is 15.9 Å². The monoisotopic (exact) mass is 340 g/mol. The van der Waals surface area contributed by atoms with Crippen molar-refractivity contribution in [2.24, 2.45) is 0 Å². The first-order chi connectivity index (χ1) is 10.4. The van der Waals surface area contributed by atoms with E-state index in [4.69, 9.17) is 33.7 Å². The molecule has 0 aliphatic carbocycles. The number of halogens is 2. The quantitative estimate of drug-likeness (QED) is 0.394. The van der Waals surface area contributed by atoms with E-state index < -0.39 is 10.9 Å². The second kappa shape index (κ2) is 6.64. The average molecular weight is 341 g/mol. The fourth-order valence-corrected chi connectivity index (χ4v) is 2.23. The summed E-state index contributed by atoms with van der Waals surface area (Å²) >= 11 is 11.9. The lowest BCUT2D eigenvalue weighted by Crippen LogP contribution is -2.07. The molecule has 0 aliphatic rings. The highest BCUT2D eigenvalue weighted by molar-refractivity contribution is 6.35. The van der Waals surface area contributed by atoms with Gasteiger partial charge in [-0.25, -0.2) is 4.79 Å². The molecule has 0 saturated heterocycles. The summed E-state index contributed by atoms with van der Waals surface area (Å²) in [7, 11) is 0. The molecule has 8 heteroatoms. The SMILES string of the molecule is Nc1ccc(C(=O)OCc2c(Cl)cccc2Cl)cc1[N+](=O)[O-]. The van der Waals surface area contributed by atoms with Crippen molar-refractivity contribution in [3.8, 4) is 0 Å². The summed E-state index contributed by atoms with van der Waals surface area (Å²) in [5, 5.41) is 11.5. The highest BCUT2D eigenvalue weighted by Gasteiger charge is 2.17. The minimum Gasteiger partial charge on any atom is -0.457 e. The van der Waals surface area contributed by atoms with Gasteiger partial charge in [0.2, 0.25) is 0 Å². The molecule has 0 unspecified atom stereocenters. The summed E-state index contributed by atoms with van der Waals surface area (Å²) in [4.78, 5) is 22.1. The number of hydrogen-bond acceptors (Lipinski definition) is 5. The van der Waals surface area contributed by atoms with Crippen molar-refractivity contribution in [1.82, 2.24) is 0 Å². The van der Waals surface area contributed by atoms with E-state index in [1.807, 2.05) is 0 Å². The number of carbonyl (C=O) groups is 1. The minimum atomic E-state index is -0.737. The van der Waals surface area contributed by atoms with Crippen molar-refractivity contribution < 1.29 is 14.5 Å². The van der Waals surface area contributed by atoms with Gasteiger partial charge in [-0.2, -0.15) is 0 Å². The molecule has 0 atom stereocenters. The van der Waals surface area contributed by atoms with Crippen molar-refractivity contribution in [2.45, 2.75) is 6.61 Å². The molecular weight excluding hydrogens is 331 g/mol. The van der Waals surface area contributed by atoms with Crippen LogP contribution in [0.2, 0.25) is 10.0 Å². The van der Waals surface area contributed by atoms with Crippen LogP contribution in [0.4, 0.5) is 11.4 Å². The summed E-state index contributed by atoms with van der Waals surface area (Å²) in [6.07, 6.45) is 0. The number of nitro benzene ring substituents is 1. The molecule has 0 spiro atoms. The van der Waals surface area contributed by atoms with E-state index in [0.29, 0.717) is 15.6 Å². The van der Waals surface area contributed by atoms with Gasteiger partial charge in [-0.3, -0.25) is 10.1 Å². The van der Waals surface area contributed by atoms with Crippen molar-refractivity contribution >= 4 is 40.5 Å². The molecule has 0 saturated carbocycles. The second-order valence-electron chi connectivity index (χ2n) is 4.31. The molecule has 0 amide bonds. The summed E-state index contributed by atoms with van der Waals surface area (Å²) in [6.45, 7) is -0.143. The minimum absolute atomic E-state index is 0.0177. The number of nitro groups is 1. The molecule has 22 heavy (non-hydrogen) atoms. The Morgan fingerprint density at radius 3 is 2.45 bits per heavy atom. The van der Waals surface area contributed by atoms with Crippen molar-refractivity contribution in [1.29, 1.82) is 0 Å². The van der Waals surface area contributed by atoms with E-state index in [9.17, 15) is 14.9 Å². The fraction of sp³-hybridized carbons (Fsp3) is 0.0714. The number of nitrogens with two attached hydrogens (primary N) is 1. The Kier molecular flexibility index (Phi) is 4.85.